The molecular formula is C25H32N4O9. The van der Waals surface area contributed by atoms with Gasteiger partial charge in [0.2, 0.25) is 17.7 Å². The molecule has 0 radical (unpaired) electrons. The number of carbonyl (C=O) groups is 7. The summed E-state index contributed by atoms with van der Waals surface area (Å²) in [5.74, 6) is -6.31. The van der Waals surface area contributed by atoms with Gasteiger partial charge in [0, 0.05) is 12.0 Å². The molecule has 1 aromatic carbocycles. The van der Waals surface area contributed by atoms with E-state index >= 15 is 0 Å². The number of aldehydes is 1. The predicted molar refractivity (Wildman–Crippen MR) is 134 cm³/mol. The summed E-state index contributed by atoms with van der Waals surface area (Å²) in [5.41, 5.74) is 5.97. The van der Waals surface area contributed by atoms with Gasteiger partial charge in [0.05, 0.1) is 6.42 Å². The van der Waals surface area contributed by atoms with Gasteiger partial charge >= 0.3 is 11.9 Å². The Morgan fingerprint density at radius 1 is 0.921 bits per heavy atom. The highest BCUT2D eigenvalue weighted by Gasteiger charge is 2.31. The van der Waals surface area contributed by atoms with Crippen LogP contribution in [-0.2, 0) is 28.8 Å². The van der Waals surface area contributed by atoms with Crippen molar-refractivity contribution < 1.29 is 43.8 Å². The summed E-state index contributed by atoms with van der Waals surface area (Å²) in [7, 11) is 0. The molecule has 0 aliphatic heterocycles. The zero-order chi connectivity index (χ0) is 28.8. The zero-order valence-corrected chi connectivity index (χ0v) is 21.0. The molecule has 7 N–H and O–H groups in total. The SMILES string of the molecule is CC(C)C[C@H](NC(=O)c1cccc(/C=C/C=O)c1)C(=O)N[C@@H](CC(=O)O)C(=O)N[C@@H](CCC(=O)O)C(N)=O. The summed E-state index contributed by atoms with van der Waals surface area (Å²) in [5, 5.41) is 25.1. The Labute approximate surface area is 218 Å². The van der Waals surface area contributed by atoms with Crippen LogP contribution in [0.1, 0.15) is 55.5 Å². The Hall–Kier alpha value is -4.55. The maximum absolute atomic E-state index is 13.1. The van der Waals surface area contributed by atoms with Crippen LogP contribution in [0.25, 0.3) is 6.08 Å². The van der Waals surface area contributed by atoms with Crippen molar-refractivity contribution in [1.29, 1.82) is 0 Å². The van der Waals surface area contributed by atoms with E-state index in [1.807, 2.05) is 0 Å². The number of rotatable bonds is 16. The van der Waals surface area contributed by atoms with Crippen molar-refractivity contribution in [2.24, 2.45) is 11.7 Å². The number of benzene rings is 1. The number of primary amides is 1. The number of allylic oxidation sites excluding steroid dienone is 1. The van der Waals surface area contributed by atoms with Crippen LogP contribution in [0.15, 0.2) is 30.3 Å². The van der Waals surface area contributed by atoms with Gasteiger partial charge in [-0.1, -0.05) is 32.1 Å². The number of amides is 4. The molecule has 0 unspecified atom stereocenters. The molecule has 3 atom stereocenters. The highest BCUT2D eigenvalue weighted by molar-refractivity contribution is 5.99. The third-order valence-electron chi connectivity index (χ3n) is 5.16. The standard InChI is InChI=1S/C25H32N4O9/c1-14(2)11-18(28-23(36)16-7-3-5-15(12-16)6-4-10-30)24(37)29-19(13-21(33)34)25(38)27-17(22(26)35)8-9-20(31)32/h3-7,10,12,14,17-19H,8-9,11,13H2,1-2H3,(H2,26,35)(H,27,38)(H,28,36)(H,29,37)(H,31,32)(H,33,34)/b6-4+/t17-,18-,19-/m0/s1. The van der Waals surface area contributed by atoms with Crippen molar-refractivity contribution in [3.05, 3.63) is 41.5 Å². The van der Waals surface area contributed by atoms with Gasteiger partial charge in [-0.2, -0.15) is 0 Å². The van der Waals surface area contributed by atoms with Crippen LogP contribution in [0.4, 0.5) is 0 Å². The molecule has 4 amide bonds. The maximum atomic E-state index is 13.1. The van der Waals surface area contributed by atoms with Crippen molar-refractivity contribution in [1.82, 2.24) is 16.0 Å². The fraction of sp³-hybridized carbons (Fsp3) is 0.400. The molecule has 0 bridgehead atoms. The summed E-state index contributed by atoms with van der Waals surface area (Å²) in [6, 6.07) is 2.05. The normalized spacial score (nSPS) is 13.2. The van der Waals surface area contributed by atoms with Gasteiger partial charge in [0.25, 0.3) is 5.91 Å². The molecule has 13 heteroatoms. The molecular weight excluding hydrogens is 500 g/mol. The van der Waals surface area contributed by atoms with Crippen LogP contribution in [0.2, 0.25) is 0 Å². The van der Waals surface area contributed by atoms with E-state index in [1.165, 1.54) is 24.3 Å². The number of hydrogen-bond acceptors (Lipinski definition) is 7. The van der Waals surface area contributed by atoms with E-state index in [4.69, 9.17) is 10.8 Å². The smallest absolute Gasteiger partial charge is 0.305 e. The molecule has 0 saturated heterocycles. The Bertz CT molecular complexity index is 1080. The molecule has 0 heterocycles. The molecule has 206 valence electrons. The van der Waals surface area contributed by atoms with Crippen LogP contribution in [-0.4, -0.2) is 70.2 Å². The van der Waals surface area contributed by atoms with Gasteiger partial charge in [0.1, 0.15) is 24.4 Å². The van der Waals surface area contributed by atoms with E-state index in [9.17, 15) is 38.7 Å². The predicted octanol–water partition coefficient (Wildman–Crippen LogP) is -0.162. The molecule has 0 aliphatic rings. The van der Waals surface area contributed by atoms with E-state index in [1.54, 1.807) is 26.0 Å². The van der Waals surface area contributed by atoms with Crippen LogP contribution in [0, 0.1) is 5.92 Å². The van der Waals surface area contributed by atoms with Gasteiger partial charge in [-0.15, -0.1) is 0 Å². The fourth-order valence-electron chi connectivity index (χ4n) is 3.36. The number of carboxylic acid groups (broad SMARTS) is 2. The Kier molecular flexibility index (Phi) is 12.9. The van der Waals surface area contributed by atoms with E-state index in [0.29, 0.717) is 11.8 Å². The molecule has 0 aliphatic carbocycles. The lowest BCUT2D eigenvalue weighted by atomic mass is 10.0. The first-order valence-corrected chi connectivity index (χ1v) is 11.7. The van der Waals surface area contributed by atoms with Crippen molar-refractivity contribution in [3.63, 3.8) is 0 Å². The van der Waals surface area contributed by atoms with Gasteiger partial charge < -0.3 is 31.9 Å². The number of carboxylic acids is 2. The fourth-order valence-corrected chi connectivity index (χ4v) is 3.36. The van der Waals surface area contributed by atoms with Gasteiger partial charge in [0.15, 0.2) is 0 Å². The number of carbonyl (C=O) groups excluding carboxylic acids is 5. The average molecular weight is 533 g/mol. The summed E-state index contributed by atoms with van der Waals surface area (Å²) < 4.78 is 0. The Balaban J connectivity index is 3.08. The monoisotopic (exact) mass is 532 g/mol. The summed E-state index contributed by atoms with van der Waals surface area (Å²) in [6.07, 6.45) is 1.80. The minimum Gasteiger partial charge on any atom is -0.481 e. The van der Waals surface area contributed by atoms with Gasteiger partial charge in [-0.25, -0.2) is 0 Å². The molecule has 38 heavy (non-hydrogen) atoms. The highest BCUT2D eigenvalue weighted by atomic mass is 16.4. The van der Waals surface area contributed by atoms with E-state index in [-0.39, 0.29) is 24.3 Å². The number of nitrogens with two attached hydrogens (primary N) is 1. The summed E-state index contributed by atoms with van der Waals surface area (Å²) in [6.45, 7) is 3.58. The third-order valence-corrected chi connectivity index (χ3v) is 5.16. The first kappa shape index (κ1) is 31.5. The van der Waals surface area contributed by atoms with E-state index in [0.717, 1.165) is 0 Å². The lowest BCUT2D eigenvalue weighted by molar-refractivity contribution is -0.141. The molecule has 0 fully saturated rings. The van der Waals surface area contributed by atoms with Crippen molar-refractivity contribution in [3.8, 4) is 0 Å². The van der Waals surface area contributed by atoms with Crippen LogP contribution >= 0.6 is 0 Å². The Morgan fingerprint density at radius 3 is 2.11 bits per heavy atom. The molecule has 1 aromatic rings. The Morgan fingerprint density at radius 2 is 1.55 bits per heavy atom. The maximum Gasteiger partial charge on any atom is 0.305 e. The highest BCUT2D eigenvalue weighted by Crippen LogP contribution is 2.11. The van der Waals surface area contributed by atoms with Crippen LogP contribution in [0.5, 0.6) is 0 Å². The first-order valence-electron chi connectivity index (χ1n) is 11.7. The number of aliphatic carboxylic acids is 2. The molecule has 0 aromatic heterocycles. The topological polar surface area (TPSA) is 222 Å². The first-order chi connectivity index (χ1) is 17.8. The average Bonchev–Trinajstić information content (AvgIpc) is 2.83. The van der Waals surface area contributed by atoms with Gasteiger partial charge in [-0.3, -0.25) is 33.6 Å². The second-order valence-electron chi connectivity index (χ2n) is 8.83. The molecule has 0 spiro atoms. The van der Waals surface area contributed by atoms with Crippen molar-refractivity contribution >= 4 is 47.9 Å². The third kappa shape index (κ3) is 11.5. The molecule has 1 rings (SSSR count). The minimum absolute atomic E-state index is 0.0880. The second-order valence-corrected chi connectivity index (χ2v) is 8.83. The lowest BCUT2D eigenvalue weighted by Gasteiger charge is -2.25. The summed E-state index contributed by atoms with van der Waals surface area (Å²) in [4.78, 5) is 83.0. The van der Waals surface area contributed by atoms with Gasteiger partial charge in [-0.05, 0) is 42.5 Å². The van der Waals surface area contributed by atoms with Crippen molar-refractivity contribution in [2.45, 2.75) is 57.7 Å². The van der Waals surface area contributed by atoms with E-state index in [2.05, 4.69) is 16.0 Å². The number of nitrogens with one attached hydrogen (secondary N) is 3. The van der Waals surface area contributed by atoms with Crippen molar-refractivity contribution in [2.75, 3.05) is 0 Å². The number of hydrogen-bond donors (Lipinski definition) is 6. The minimum atomic E-state index is -1.64. The zero-order valence-electron chi connectivity index (χ0n) is 21.0. The quantitative estimate of drug-likeness (QED) is 0.123. The lowest BCUT2D eigenvalue weighted by Crippen LogP contribution is -2.57. The molecule has 13 nitrogen and oxygen atoms in total. The second kappa shape index (κ2) is 15.5. The molecule has 0 saturated carbocycles. The van der Waals surface area contributed by atoms with Crippen LogP contribution < -0.4 is 21.7 Å². The summed E-state index contributed by atoms with van der Waals surface area (Å²) >= 11 is 0. The largest absolute Gasteiger partial charge is 0.481 e. The van der Waals surface area contributed by atoms with E-state index < -0.39 is 66.5 Å². The van der Waals surface area contributed by atoms with Crippen LogP contribution in [0.3, 0.4) is 0 Å².